The molecule has 5 rings (SSSR count). The first-order chi connectivity index (χ1) is 15.4. The van der Waals surface area contributed by atoms with E-state index in [0.29, 0.717) is 30.6 Å². The van der Waals surface area contributed by atoms with Crippen molar-refractivity contribution in [3.05, 3.63) is 59.4 Å². The maximum Gasteiger partial charge on any atom is 0.246 e. The minimum absolute atomic E-state index is 0.278. The third kappa shape index (κ3) is 4.01. The van der Waals surface area contributed by atoms with Gasteiger partial charge in [-0.1, -0.05) is 12.1 Å². The summed E-state index contributed by atoms with van der Waals surface area (Å²) in [4.78, 5) is 6.04. The van der Waals surface area contributed by atoms with E-state index in [1.54, 1.807) is 17.1 Å². The van der Waals surface area contributed by atoms with Crippen molar-refractivity contribution in [1.82, 2.24) is 28.5 Å². The molecule has 0 unspecified atom stereocenters. The van der Waals surface area contributed by atoms with Gasteiger partial charge in [-0.05, 0) is 49.3 Å². The quantitative estimate of drug-likeness (QED) is 0.512. The van der Waals surface area contributed by atoms with Crippen LogP contribution in [0.3, 0.4) is 0 Å². The van der Waals surface area contributed by atoms with E-state index in [0.717, 1.165) is 24.2 Å². The summed E-state index contributed by atoms with van der Waals surface area (Å²) >= 11 is 5.73. The lowest BCUT2D eigenvalue weighted by Gasteiger charge is -2.33. The van der Waals surface area contributed by atoms with Crippen molar-refractivity contribution in [2.75, 3.05) is 26.2 Å². The van der Waals surface area contributed by atoms with Gasteiger partial charge in [0.05, 0.1) is 6.67 Å². The van der Waals surface area contributed by atoms with Crippen molar-refractivity contribution < 1.29 is 12.8 Å². The first-order valence-electron chi connectivity index (χ1n) is 10.5. The first-order valence-corrected chi connectivity index (χ1v) is 12.4. The van der Waals surface area contributed by atoms with E-state index in [-0.39, 0.29) is 18.0 Å². The molecule has 168 valence electrons. The molecule has 3 aromatic rings. The van der Waals surface area contributed by atoms with Crippen LogP contribution in [0.2, 0.25) is 0 Å². The van der Waals surface area contributed by atoms with Gasteiger partial charge in [0.15, 0.2) is 10.6 Å². The van der Waals surface area contributed by atoms with Gasteiger partial charge in [-0.15, -0.1) is 0 Å². The molecule has 0 atom stereocenters. The van der Waals surface area contributed by atoms with Crippen molar-refractivity contribution in [3.8, 4) is 11.4 Å². The van der Waals surface area contributed by atoms with Gasteiger partial charge in [0.25, 0.3) is 0 Å². The normalized spacial score (nSPS) is 18.2. The van der Waals surface area contributed by atoms with Crippen LogP contribution in [0, 0.1) is 10.6 Å². The summed E-state index contributed by atoms with van der Waals surface area (Å²) in [5.41, 5.74) is 0.921. The Morgan fingerprint density at radius 1 is 1.06 bits per heavy atom. The Balaban J connectivity index is 1.32. The minimum Gasteiger partial charge on any atom is -0.297 e. The van der Waals surface area contributed by atoms with Crippen LogP contribution < -0.4 is 0 Å². The molecule has 1 aliphatic carbocycles. The molecular formula is C21H23FN6O2S2. The molecule has 2 aliphatic rings. The second-order valence-corrected chi connectivity index (χ2v) is 10.3. The summed E-state index contributed by atoms with van der Waals surface area (Å²) in [7, 11) is -3.86. The molecule has 0 N–H and O–H groups in total. The van der Waals surface area contributed by atoms with Crippen LogP contribution in [0.25, 0.3) is 11.4 Å². The van der Waals surface area contributed by atoms with Gasteiger partial charge in [0, 0.05) is 50.2 Å². The molecule has 1 saturated carbocycles. The van der Waals surface area contributed by atoms with Crippen molar-refractivity contribution in [2.24, 2.45) is 0 Å². The van der Waals surface area contributed by atoms with Gasteiger partial charge < -0.3 is 0 Å². The van der Waals surface area contributed by atoms with Crippen LogP contribution >= 0.6 is 12.2 Å². The minimum atomic E-state index is -3.86. The Labute approximate surface area is 191 Å². The molecular weight excluding hydrogens is 451 g/mol. The van der Waals surface area contributed by atoms with Gasteiger partial charge >= 0.3 is 0 Å². The Morgan fingerprint density at radius 3 is 2.47 bits per heavy atom. The summed E-state index contributed by atoms with van der Waals surface area (Å²) < 4.78 is 45.6. The molecule has 32 heavy (non-hydrogen) atoms. The zero-order chi connectivity index (χ0) is 22.3. The highest BCUT2D eigenvalue weighted by Gasteiger charge is 2.32. The summed E-state index contributed by atoms with van der Waals surface area (Å²) in [5, 5.41) is 4.77. The van der Waals surface area contributed by atoms with Crippen molar-refractivity contribution in [3.63, 3.8) is 0 Å². The maximum absolute atomic E-state index is 14.1. The monoisotopic (exact) mass is 474 g/mol. The molecule has 1 aliphatic heterocycles. The second kappa shape index (κ2) is 8.47. The number of pyridine rings is 1. The summed E-state index contributed by atoms with van der Waals surface area (Å²) in [6, 6.07) is 9.71. The lowest BCUT2D eigenvalue weighted by molar-refractivity contribution is 0.144. The second-order valence-electron chi connectivity index (χ2n) is 8.04. The van der Waals surface area contributed by atoms with Gasteiger partial charge in [-0.2, -0.15) is 9.40 Å². The van der Waals surface area contributed by atoms with Crippen molar-refractivity contribution in [2.45, 2.75) is 30.4 Å². The molecule has 11 heteroatoms. The average Bonchev–Trinajstić information content (AvgIpc) is 3.59. The highest BCUT2D eigenvalue weighted by atomic mass is 32.2. The molecule has 1 aromatic carbocycles. The number of halogens is 1. The van der Waals surface area contributed by atoms with Gasteiger partial charge in [-0.25, -0.2) is 17.5 Å². The zero-order valence-corrected chi connectivity index (χ0v) is 19.0. The fourth-order valence-corrected chi connectivity index (χ4v) is 5.78. The van der Waals surface area contributed by atoms with Gasteiger partial charge in [-0.3, -0.25) is 14.5 Å². The maximum atomic E-state index is 14.1. The van der Waals surface area contributed by atoms with E-state index >= 15 is 0 Å². The molecule has 1 saturated heterocycles. The van der Waals surface area contributed by atoms with E-state index in [1.165, 1.54) is 28.6 Å². The highest BCUT2D eigenvalue weighted by Crippen LogP contribution is 2.38. The van der Waals surface area contributed by atoms with E-state index in [9.17, 15) is 12.8 Å². The first kappa shape index (κ1) is 21.4. The Kier molecular flexibility index (Phi) is 5.66. The number of hydrogen-bond donors (Lipinski definition) is 0. The molecule has 0 radical (unpaired) electrons. The Hall–Kier alpha value is -2.47. The predicted molar refractivity (Wildman–Crippen MR) is 119 cm³/mol. The number of rotatable bonds is 6. The van der Waals surface area contributed by atoms with Crippen LogP contribution in [0.4, 0.5) is 4.39 Å². The predicted octanol–water partition coefficient (Wildman–Crippen LogP) is 2.91. The van der Waals surface area contributed by atoms with Gasteiger partial charge in [0.1, 0.15) is 10.7 Å². The third-order valence-electron chi connectivity index (χ3n) is 5.82. The van der Waals surface area contributed by atoms with Crippen LogP contribution in [-0.4, -0.2) is 63.1 Å². The number of piperazine rings is 1. The molecule has 0 bridgehead atoms. The molecule has 0 spiro atoms. The molecule has 2 aromatic heterocycles. The average molecular weight is 475 g/mol. The smallest absolute Gasteiger partial charge is 0.246 e. The lowest BCUT2D eigenvalue weighted by atomic mass is 10.3. The Bertz CT molecular complexity index is 1280. The van der Waals surface area contributed by atoms with E-state index in [4.69, 9.17) is 17.3 Å². The van der Waals surface area contributed by atoms with Crippen molar-refractivity contribution >= 4 is 22.2 Å². The summed E-state index contributed by atoms with van der Waals surface area (Å²) in [5.74, 6) is 0.0844. The number of hydrogen-bond acceptors (Lipinski definition) is 6. The van der Waals surface area contributed by atoms with Crippen LogP contribution in [0.1, 0.15) is 18.9 Å². The fraction of sp³-hybridized carbons (Fsp3) is 0.381. The summed E-state index contributed by atoms with van der Waals surface area (Å²) in [6.45, 7) is 2.05. The molecule has 8 nitrogen and oxygen atoms in total. The number of sulfonamides is 1. The topological polar surface area (TPSA) is 76.3 Å². The highest BCUT2D eigenvalue weighted by molar-refractivity contribution is 7.89. The third-order valence-corrected chi connectivity index (χ3v) is 8.16. The van der Waals surface area contributed by atoms with Crippen molar-refractivity contribution in [1.29, 1.82) is 0 Å². The SMILES string of the molecule is O=S(=O)(c1ccccc1F)N1CCN(Cn2nc(-c3cccnc3)n(C3CC3)c2=S)CC1. The zero-order valence-electron chi connectivity index (χ0n) is 17.3. The molecule has 0 amide bonds. The molecule has 2 fully saturated rings. The summed E-state index contributed by atoms with van der Waals surface area (Å²) in [6.07, 6.45) is 5.68. The number of nitrogens with zero attached hydrogens (tertiary/aromatic N) is 6. The fourth-order valence-electron chi connectivity index (χ4n) is 3.96. The van der Waals surface area contributed by atoms with E-state index in [2.05, 4.69) is 14.5 Å². The molecule has 3 heterocycles. The van der Waals surface area contributed by atoms with Crippen LogP contribution in [0.15, 0.2) is 53.7 Å². The number of aromatic nitrogens is 4. The van der Waals surface area contributed by atoms with E-state index < -0.39 is 15.8 Å². The number of benzene rings is 1. The van der Waals surface area contributed by atoms with Gasteiger partial charge in [0.2, 0.25) is 10.0 Å². The van der Waals surface area contributed by atoms with Crippen LogP contribution in [-0.2, 0) is 16.7 Å². The standard InChI is InChI=1S/C21H23FN6O2S2/c22-18-5-1-2-6-19(18)32(29,30)26-12-10-25(11-13-26)15-27-21(31)28(17-7-8-17)20(24-27)16-4-3-9-23-14-16/h1-6,9,14,17H,7-8,10-13,15H2. The lowest BCUT2D eigenvalue weighted by Crippen LogP contribution is -2.49. The van der Waals surface area contributed by atoms with Crippen LogP contribution in [0.5, 0.6) is 0 Å². The van der Waals surface area contributed by atoms with E-state index in [1.807, 2.05) is 12.1 Å². The largest absolute Gasteiger partial charge is 0.297 e. The Morgan fingerprint density at radius 2 is 1.81 bits per heavy atom.